The van der Waals surface area contributed by atoms with E-state index >= 15 is 0 Å². The van der Waals surface area contributed by atoms with Gasteiger partial charge in [-0.1, -0.05) is 11.6 Å². The van der Waals surface area contributed by atoms with Crippen LogP contribution in [0.25, 0.3) is 0 Å². The Morgan fingerprint density at radius 2 is 2.35 bits per heavy atom. The highest BCUT2D eigenvalue weighted by molar-refractivity contribution is 7.07. The second-order valence-corrected chi connectivity index (χ2v) is 4.36. The van der Waals surface area contributed by atoms with Gasteiger partial charge in [0, 0.05) is 5.38 Å². The zero-order valence-electron chi connectivity index (χ0n) is 8.68. The average Bonchev–Trinajstić information content (AvgIpc) is 2.82. The lowest BCUT2D eigenvalue weighted by Crippen LogP contribution is -2.24. The minimum Gasteiger partial charge on any atom is -0.397 e. The minimum absolute atomic E-state index is 0.234. The number of pyridine rings is 1. The largest absolute Gasteiger partial charge is 0.397 e. The Morgan fingerprint density at radius 1 is 1.53 bits per heavy atom. The van der Waals surface area contributed by atoms with Crippen LogP contribution in [-0.2, 0) is 6.54 Å². The van der Waals surface area contributed by atoms with Crippen molar-refractivity contribution in [1.29, 1.82) is 0 Å². The maximum absolute atomic E-state index is 11.8. The highest BCUT2D eigenvalue weighted by Gasteiger charge is 2.10. The quantitative estimate of drug-likeness (QED) is 0.831. The molecule has 88 valence electrons. The predicted octanol–water partition coefficient (Wildman–Crippen LogP) is 1.70. The first-order chi connectivity index (χ1) is 8.16. The highest BCUT2D eigenvalue weighted by Crippen LogP contribution is 2.14. The summed E-state index contributed by atoms with van der Waals surface area (Å²) < 4.78 is 0. The third kappa shape index (κ3) is 2.92. The SMILES string of the molecule is Nc1cnc(Cl)cc1C(=O)NCc1cscn1. The molecule has 0 aliphatic rings. The number of hydrogen-bond acceptors (Lipinski definition) is 5. The van der Waals surface area contributed by atoms with Gasteiger partial charge >= 0.3 is 0 Å². The van der Waals surface area contributed by atoms with E-state index in [1.807, 2.05) is 5.38 Å². The lowest BCUT2D eigenvalue weighted by molar-refractivity contribution is 0.0951. The van der Waals surface area contributed by atoms with Crippen molar-refractivity contribution in [1.82, 2.24) is 15.3 Å². The molecule has 17 heavy (non-hydrogen) atoms. The summed E-state index contributed by atoms with van der Waals surface area (Å²) >= 11 is 7.18. The smallest absolute Gasteiger partial charge is 0.253 e. The predicted molar refractivity (Wildman–Crippen MR) is 66.9 cm³/mol. The summed E-state index contributed by atoms with van der Waals surface area (Å²) in [7, 11) is 0. The molecule has 0 aliphatic heterocycles. The number of amides is 1. The molecule has 0 unspecified atom stereocenters. The van der Waals surface area contributed by atoms with Gasteiger partial charge in [0.05, 0.1) is 35.2 Å². The Labute approximate surface area is 107 Å². The van der Waals surface area contributed by atoms with Crippen LogP contribution in [-0.4, -0.2) is 15.9 Å². The first-order valence-corrected chi connectivity index (χ1v) is 6.05. The molecule has 0 saturated carbocycles. The zero-order chi connectivity index (χ0) is 12.3. The number of nitrogens with two attached hydrogens (primary N) is 1. The van der Waals surface area contributed by atoms with Crippen LogP contribution >= 0.6 is 22.9 Å². The van der Waals surface area contributed by atoms with Crippen LogP contribution in [0.2, 0.25) is 5.15 Å². The summed E-state index contributed by atoms with van der Waals surface area (Å²) in [6, 6.07) is 1.44. The van der Waals surface area contributed by atoms with E-state index in [0.717, 1.165) is 5.69 Å². The van der Waals surface area contributed by atoms with Crippen LogP contribution in [0, 0.1) is 0 Å². The summed E-state index contributed by atoms with van der Waals surface area (Å²) in [5, 5.41) is 4.81. The van der Waals surface area contributed by atoms with Crippen molar-refractivity contribution in [2.45, 2.75) is 6.54 Å². The lowest BCUT2D eigenvalue weighted by atomic mass is 10.2. The summed E-state index contributed by atoms with van der Waals surface area (Å²) in [6.45, 7) is 0.363. The summed E-state index contributed by atoms with van der Waals surface area (Å²) in [5.41, 5.74) is 8.77. The molecular weight excluding hydrogens is 260 g/mol. The summed E-state index contributed by atoms with van der Waals surface area (Å²) in [5.74, 6) is -0.292. The van der Waals surface area contributed by atoms with Crippen molar-refractivity contribution in [3.05, 3.63) is 39.6 Å². The monoisotopic (exact) mass is 268 g/mol. The molecule has 2 aromatic heterocycles. The molecule has 0 spiro atoms. The van der Waals surface area contributed by atoms with Crippen LogP contribution in [0.1, 0.15) is 16.1 Å². The van der Waals surface area contributed by atoms with Crippen molar-refractivity contribution in [3.8, 4) is 0 Å². The van der Waals surface area contributed by atoms with Gasteiger partial charge in [-0.3, -0.25) is 4.79 Å². The van der Waals surface area contributed by atoms with E-state index in [-0.39, 0.29) is 11.1 Å². The maximum Gasteiger partial charge on any atom is 0.253 e. The van der Waals surface area contributed by atoms with E-state index in [1.54, 1.807) is 5.51 Å². The number of nitrogens with zero attached hydrogens (tertiary/aromatic N) is 2. The molecule has 0 bridgehead atoms. The molecule has 0 aliphatic carbocycles. The third-order valence-electron chi connectivity index (χ3n) is 2.06. The summed E-state index contributed by atoms with van der Waals surface area (Å²) in [6.07, 6.45) is 1.36. The van der Waals surface area contributed by atoms with Gasteiger partial charge in [0.15, 0.2) is 0 Å². The average molecular weight is 269 g/mol. The van der Waals surface area contributed by atoms with Gasteiger partial charge in [-0.25, -0.2) is 9.97 Å². The number of anilines is 1. The highest BCUT2D eigenvalue weighted by atomic mass is 35.5. The van der Waals surface area contributed by atoms with E-state index in [4.69, 9.17) is 17.3 Å². The number of aromatic nitrogens is 2. The molecule has 2 rings (SSSR count). The maximum atomic E-state index is 11.8. The zero-order valence-corrected chi connectivity index (χ0v) is 10.3. The second kappa shape index (κ2) is 5.11. The molecule has 0 fully saturated rings. The van der Waals surface area contributed by atoms with Crippen LogP contribution in [0.5, 0.6) is 0 Å². The van der Waals surface area contributed by atoms with Gasteiger partial charge in [0.1, 0.15) is 5.15 Å². The fourth-order valence-corrected chi connectivity index (χ4v) is 1.94. The Kier molecular flexibility index (Phi) is 3.55. The number of thiazole rings is 1. The molecule has 0 saturated heterocycles. The first-order valence-electron chi connectivity index (χ1n) is 4.73. The molecule has 1 amide bonds. The van der Waals surface area contributed by atoms with Gasteiger partial charge in [-0.15, -0.1) is 11.3 Å². The van der Waals surface area contributed by atoms with Crippen LogP contribution < -0.4 is 11.1 Å². The number of halogens is 1. The number of nitrogen functional groups attached to an aromatic ring is 1. The Bertz CT molecular complexity index is 529. The van der Waals surface area contributed by atoms with Crippen molar-refractivity contribution >= 4 is 34.5 Å². The Morgan fingerprint density at radius 3 is 3.06 bits per heavy atom. The van der Waals surface area contributed by atoms with E-state index < -0.39 is 0 Å². The molecule has 2 aromatic rings. The van der Waals surface area contributed by atoms with Crippen molar-refractivity contribution < 1.29 is 4.79 Å². The van der Waals surface area contributed by atoms with Crippen molar-refractivity contribution in [3.63, 3.8) is 0 Å². The van der Waals surface area contributed by atoms with Crippen LogP contribution in [0.3, 0.4) is 0 Å². The van der Waals surface area contributed by atoms with Crippen molar-refractivity contribution in [2.24, 2.45) is 0 Å². The molecule has 0 aromatic carbocycles. The van der Waals surface area contributed by atoms with Gasteiger partial charge in [0.2, 0.25) is 0 Å². The number of carbonyl (C=O) groups excluding carboxylic acids is 1. The van der Waals surface area contributed by atoms with Crippen molar-refractivity contribution in [2.75, 3.05) is 5.73 Å². The lowest BCUT2D eigenvalue weighted by Gasteiger charge is -2.06. The van der Waals surface area contributed by atoms with Gasteiger partial charge < -0.3 is 11.1 Å². The fraction of sp³-hybridized carbons (Fsp3) is 0.100. The first kappa shape index (κ1) is 11.8. The third-order valence-corrected chi connectivity index (χ3v) is 2.90. The summed E-state index contributed by atoms with van der Waals surface area (Å²) in [4.78, 5) is 19.6. The normalized spacial score (nSPS) is 10.2. The number of hydrogen-bond donors (Lipinski definition) is 2. The second-order valence-electron chi connectivity index (χ2n) is 3.26. The van der Waals surface area contributed by atoms with Gasteiger partial charge in [-0.2, -0.15) is 0 Å². The van der Waals surface area contributed by atoms with Gasteiger partial charge in [-0.05, 0) is 6.07 Å². The fourth-order valence-electron chi connectivity index (χ4n) is 1.23. The van der Waals surface area contributed by atoms with Gasteiger partial charge in [0.25, 0.3) is 5.91 Å². The topological polar surface area (TPSA) is 80.9 Å². The molecular formula is C10H9ClN4OS. The van der Waals surface area contributed by atoms with E-state index in [2.05, 4.69) is 15.3 Å². The molecule has 2 heterocycles. The van der Waals surface area contributed by atoms with Crippen LogP contribution in [0.4, 0.5) is 5.69 Å². The van der Waals surface area contributed by atoms with E-state index in [0.29, 0.717) is 17.8 Å². The molecule has 3 N–H and O–H groups in total. The standard InChI is InChI=1S/C10H9ClN4OS/c11-9-1-7(8(12)3-13-9)10(16)14-2-6-4-17-5-15-6/h1,3-5H,2,12H2,(H,14,16). The molecule has 0 atom stereocenters. The number of rotatable bonds is 3. The number of nitrogens with one attached hydrogen (secondary N) is 1. The molecule has 5 nitrogen and oxygen atoms in total. The molecule has 7 heteroatoms. The Balaban J connectivity index is 2.07. The Hall–Kier alpha value is -1.66. The van der Waals surface area contributed by atoms with Crippen LogP contribution in [0.15, 0.2) is 23.2 Å². The minimum atomic E-state index is -0.292. The van der Waals surface area contributed by atoms with E-state index in [1.165, 1.54) is 23.6 Å². The molecule has 0 radical (unpaired) electrons. The van der Waals surface area contributed by atoms with E-state index in [9.17, 15) is 4.79 Å². The number of carbonyl (C=O) groups is 1.